The lowest BCUT2D eigenvalue weighted by Crippen LogP contribution is -2.05. The monoisotopic (exact) mass is 187 g/mol. The highest BCUT2D eigenvalue weighted by Crippen LogP contribution is 2.04. The number of halogens is 1. The minimum absolute atomic E-state index is 0.102. The van der Waals surface area contributed by atoms with Crippen LogP contribution in [0.3, 0.4) is 0 Å². The van der Waals surface area contributed by atoms with Crippen LogP contribution in [0.25, 0.3) is 0 Å². The van der Waals surface area contributed by atoms with E-state index < -0.39 is 0 Å². The third-order valence-corrected chi connectivity index (χ3v) is 1.46. The van der Waals surface area contributed by atoms with Crippen molar-refractivity contribution in [2.45, 2.75) is 13.3 Å². The van der Waals surface area contributed by atoms with E-state index >= 15 is 0 Å². The van der Waals surface area contributed by atoms with Crippen molar-refractivity contribution in [2.75, 3.05) is 12.5 Å². The summed E-state index contributed by atoms with van der Waals surface area (Å²) in [5.74, 6) is -0.161. The lowest BCUT2D eigenvalue weighted by Gasteiger charge is -2.01. The van der Waals surface area contributed by atoms with Gasteiger partial charge in [-0.1, -0.05) is 0 Å². The van der Waals surface area contributed by atoms with Gasteiger partial charge in [0.05, 0.1) is 19.1 Å². The molecule has 12 heavy (non-hydrogen) atoms. The van der Waals surface area contributed by atoms with Crippen molar-refractivity contribution in [3.05, 3.63) is 11.6 Å². The highest BCUT2D eigenvalue weighted by atomic mass is 35.5. The standard InChI is InChI=1S/C8H10ClNO2/c1-2-12-8(11)5-7(6-9)3-4-10/h3H,2,5-6H2,1H3/b7-3+. The van der Waals surface area contributed by atoms with Crippen LogP contribution in [0.1, 0.15) is 13.3 Å². The van der Waals surface area contributed by atoms with Gasteiger partial charge in [-0.2, -0.15) is 5.26 Å². The predicted octanol–water partition coefficient (Wildman–Crippen LogP) is 1.63. The van der Waals surface area contributed by atoms with Crippen LogP contribution in [0.2, 0.25) is 0 Å². The lowest BCUT2D eigenvalue weighted by molar-refractivity contribution is -0.142. The highest BCUT2D eigenvalue weighted by molar-refractivity contribution is 6.19. The Morgan fingerprint density at radius 1 is 1.75 bits per heavy atom. The van der Waals surface area contributed by atoms with Gasteiger partial charge in [-0.25, -0.2) is 0 Å². The second-order valence-electron chi connectivity index (χ2n) is 2.05. The van der Waals surface area contributed by atoms with Crippen molar-refractivity contribution < 1.29 is 9.53 Å². The first-order valence-electron chi connectivity index (χ1n) is 3.53. The summed E-state index contributed by atoms with van der Waals surface area (Å²) in [5, 5.41) is 8.27. The van der Waals surface area contributed by atoms with E-state index in [1.807, 2.05) is 6.07 Å². The summed E-state index contributed by atoms with van der Waals surface area (Å²) >= 11 is 5.46. The van der Waals surface area contributed by atoms with Gasteiger partial charge in [-0.15, -0.1) is 11.6 Å². The van der Waals surface area contributed by atoms with E-state index in [4.69, 9.17) is 16.9 Å². The number of carbonyl (C=O) groups is 1. The fraction of sp³-hybridized carbons (Fsp3) is 0.500. The summed E-state index contributed by atoms with van der Waals surface area (Å²) in [5.41, 5.74) is 0.581. The number of alkyl halides is 1. The van der Waals surface area contributed by atoms with Crippen LogP contribution in [0.15, 0.2) is 11.6 Å². The average Bonchev–Trinajstić information content (AvgIpc) is 2.04. The first-order valence-corrected chi connectivity index (χ1v) is 4.07. The number of hydrogen-bond donors (Lipinski definition) is 0. The molecule has 66 valence electrons. The molecule has 0 saturated carbocycles. The van der Waals surface area contributed by atoms with E-state index in [1.54, 1.807) is 6.92 Å². The van der Waals surface area contributed by atoms with E-state index in [2.05, 4.69) is 4.74 Å². The maximum absolute atomic E-state index is 10.9. The minimum Gasteiger partial charge on any atom is -0.466 e. The van der Waals surface area contributed by atoms with Crippen LogP contribution >= 0.6 is 11.6 Å². The van der Waals surface area contributed by atoms with Crippen molar-refractivity contribution in [3.8, 4) is 6.07 Å². The molecule has 0 heterocycles. The molecule has 0 saturated heterocycles. The van der Waals surface area contributed by atoms with E-state index in [1.165, 1.54) is 6.08 Å². The fourth-order valence-electron chi connectivity index (χ4n) is 0.626. The molecule has 0 fully saturated rings. The van der Waals surface area contributed by atoms with Crippen LogP contribution in [0.5, 0.6) is 0 Å². The molecule has 0 spiro atoms. The molecule has 0 aromatic rings. The van der Waals surface area contributed by atoms with Gasteiger partial charge in [0, 0.05) is 12.0 Å². The molecule has 0 aromatic heterocycles. The molecule has 4 heteroatoms. The minimum atomic E-state index is -0.348. The van der Waals surface area contributed by atoms with Crippen LogP contribution in [0, 0.1) is 11.3 Å². The van der Waals surface area contributed by atoms with Crippen LogP contribution in [-0.4, -0.2) is 18.5 Å². The highest BCUT2D eigenvalue weighted by Gasteiger charge is 2.04. The van der Waals surface area contributed by atoms with Crippen LogP contribution < -0.4 is 0 Å². The van der Waals surface area contributed by atoms with E-state index in [9.17, 15) is 4.79 Å². The Bertz CT molecular complexity index is 218. The molecule has 0 aliphatic heterocycles. The molecule has 3 nitrogen and oxygen atoms in total. The summed E-state index contributed by atoms with van der Waals surface area (Å²) in [6.07, 6.45) is 1.37. The topological polar surface area (TPSA) is 50.1 Å². The van der Waals surface area contributed by atoms with Gasteiger partial charge in [-0.05, 0) is 12.5 Å². The van der Waals surface area contributed by atoms with Gasteiger partial charge in [0.15, 0.2) is 0 Å². The molecule has 0 amide bonds. The Labute approximate surface area is 76.6 Å². The van der Waals surface area contributed by atoms with Crippen molar-refractivity contribution in [2.24, 2.45) is 0 Å². The zero-order valence-electron chi connectivity index (χ0n) is 6.84. The van der Waals surface area contributed by atoms with Gasteiger partial charge in [-0.3, -0.25) is 4.79 Å². The van der Waals surface area contributed by atoms with Crippen molar-refractivity contribution in [3.63, 3.8) is 0 Å². The number of ether oxygens (including phenoxy) is 1. The normalized spacial score (nSPS) is 10.6. The first kappa shape index (κ1) is 11.0. The lowest BCUT2D eigenvalue weighted by atomic mass is 10.2. The smallest absolute Gasteiger partial charge is 0.309 e. The molecular formula is C8H10ClNO2. The zero-order chi connectivity index (χ0) is 9.40. The third-order valence-electron chi connectivity index (χ3n) is 1.12. The SMILES string of the molecule is CCOC(=O)C/C(=C\C#N)CCl. The van der Waals surface area contributed by atoms with Gasteiger partial charge < -0.3 is 4.74 Å². The van der Waals surface area contributed by atoms with Gasteiger partial charge in [0.25, 0.3) is 0 Å². The number of nitrogens with zero attached hydrogens (tertiary/aromatic N) is 1. The number of esters is 1. The Kier molecular flexibility index (Phi) is 6.12. The van der Waals surface area contributed by atoms with Gasteiger partial charge in [0.2, 0.25) is 0 Å². The summed E-state index contributed by atoms with van der Waals surface area (Å²) in [6, 6.07) is 1.81. The fourth-order valence-corrected chi connectivity index (χ4v) is 0.797. The maximum Gasteiger partial charge on any atom is 0.309 e. The first-order chi connectivity index (χ1) is 5.74. The quantitative estimate of drug-likeness (QED) is 0.382. The molecular weight excluding hydrogens is 178 g/mol. The predicted molar refractivity (Wildman–Crippen MR) is 45.7 cm³/mol. The van der Waals surface area contributed by atoms with Gasteiger partial charge >= 0.3 is 5.97 Å². The largest absolute Gasteiger partial charge is 0.466 e. The third kappa shape index (κ3) is 4.75. The Balaban J connectivity index is 3.96. The Hall–Kier alpha value is -1.01. The second kappa shape index (κ2) is 6.68. The average molecular weight is 188 g/mol. The zero-order valence-corrected chi connectivity index (χ0v) is 7.60. The number of hydrogen-bond acceptors (Lipinski definition) is 3. The van der Waals surface area contributed by atoms with Crippen LogP contribution in [-0.2, 0) is 9.53 Å². The summed E-state index contributed by atoms with van der Waals surface area (Å²) in [7, 11) is 0. The van der Waals surface area contributed by atoms with E-state index in [0.717, 1.165) is 0 Å². The molecule has 0 aliphatic rings. The molecule has 0 atom stereocenters. The van der Waals surface area contributed by atoms with Crippen LogP contribution in [0.4, 0.5) is 0 Å². The van der Waals surface area contributed by atoms with Crippen molar-refractivity contribution >= 4 is 17.6 Å². The van der Waals surface area contributed by atoms with Crippen molar-refractivity contribution in [1.82, 2.24) is 0 Å². The molecule has 0 rings (SSSR count). The number of carbonyl (C=O) groups excluding carboxylic acids is 1. The summed E-state index contributed by atoms with van der Waals surface area (Å²) in [6.45, 7) is 2.08. The molecule has 0 N–H and O–H groups in total. The second-order valence-corrected chi connectivity index (χ2v) is 2.31. The number of allylic oxidation sites excluding steroid dienone is 1. The molecule has 0 unspecified atom stereocenters. The molecule has 0 radical (unpaired) electrons. The summed E-state index contributed by atoms with van der Waals surface area (Å²) in [4.78, 5) is 10.9. The number of rotatable bonds is 4. The summed E-state index contributed by atoms with van der Waals surface area (Å²) < 4.78 is 4.67. The Morgan fingerprint density at radius 3 is 2.83 bits per heavy atom. The van der Waals surface area contributed by atoms with E-state index in [-0.39, 0.29) is 18.3 Å². The maximum atomic E-state index is 10.9. The Morgan fingerprint density at radius 2 is 2.42 bits per heavy atom. The molecule has 0 aliphatic carbocycles. The molecule has 0 bridgehead atoms. The number of nitriles is 1. The molecule has 0 aromatic carbocycles. The van der Waals surface area contributed by atoms with Gasteiger partial charge in [0.1, 0.15) is 0 Å². The van der Waals surface area contributed by atoms with E-state index in [0.29, 0.717) is 12.2 Å². The van der Waals surface area contributed by atoms with Crippen molar-refractivity contribution in [1.29, 1.82) is 5.26 Å².